The van der Waals surface area contributed by atoms with Gasteiger partial charge < -0.3 is 10.6 Å². The van der Waals surface area contributed by atoms with Crippen molar-refractivity contribution in [3.63, 3.8) is 0 Å². The minimum Gasteiger partial charge on any atom is -0.341 e. The number of nitrogens with zero attached hydrogens (tertiary/aromatic N) is 1. The molecule has 2 rings (SSSR count). The van der Waals surface area contributed by atoms with E-state index in [0.29, 0.717) is 18.0 Å². The van der Waals surface area contributed by atoms with Crippen molar-refractivity contribution >= 4 is 17.5 Å². The molecule has 92 valence electrons. The summed E-state index contributed by atoms with van der Waals surface area (Å²) in [4.78, 5) is 13.5. The maximum absolute atomic E-state index is 11.7. The van der Waals surface area contributed by atoms with Crippen molar-refractivity contribution in [1.82, 2.24) is 4.90 Å². The van der Waals surface area contributed by atoms with E-state index in [1.807, 2.05) is 29.2 Å². The van der Waals surface area contributed by atoms with Gasteiger partial charge in [0, 0.05) is 30.6 Å². The fraction of sp³-hybridized carbons (Fsp3) is 0.462. The normalized spacial score (nSPS) is 18.2. The highest BCUT2D eigenvalue weighted by Gasteiger charge is 2.20. The topological polar surface area (TPSA) is 46.3 Å². The molecule has 0 spiro atoms. The second kappa shape index (κ2) is 5.52. The highest BCUT2D eigenvalue weighted by Crippen LogP contribution is 2.18. The Morgan fingerprint density at radius 1 is 1.29 bits per heavy atom. The summed E-state index contributed by atoms with van der Waals surface area (Å²) < 4.78 is 0. The van der Waals surface area contributed by atoms with Gasteiger partial charge in [-0.25, -0.2) is 0 Å². The summed E-state index contributed by atoms with van der Waals surface area (Å²) in [5, 5.41) is 0.704. The first-order valence-corrected chi connectivity index (χ1v) is 6.33. The Labute approximate surface area is 107 Å². The minimum absolute atomic E-state index is 0.130. The number of benzene rings is 1. The predicted molar refractivity (Wildman–Crippen MR) is 68.8 cm³/mol. The molecule has 17 heavy (non-hydrogen) atoms. The van der Waals surface area contributed by atoms with Gasteiger partial charge in [0.1, 0.15) is 0 Å². The number of hydrogen-bond acceptors (Lipinski definition) is 2. The van der Waals surface area contributed by atoms with Crippen LogP contribution in [0, 0.1) is 0 Å². The van der Waals surface area contributed by atoms with Crippen LogP contribution in [0.5, 0.6) is 0 Å². The highest BCUT2D eigenvalue weighted by molar-refractivity contribution is 6.30. The van der Waals surface area contributed by atoms with E-state index in [0.717, 1.165) is 24.9 Å². The molecule has 1 atom stereocenters. The van der Waals surface area contributed by atoms with Crippen molar-refractivity contribution < 1.29 is 4.79 Å². The fourth-order valence-electron chi connectivity index (χ4n) is 2.11. The van der Waals surface area contributed by atoms with Crippen LogP contribution >= 0.6 is 11.6 Å². The maximum atomic E-state index is 11.7. The number of carbonyl (C=O) groups is 1. The first-order chi connectivity index (χ1) is 8.16. The van der Waals surface area contributed by atoms with Crippen LogP contribution in [0.1, 0.15) is 30.9 Å². The molecule has 1 saturated heterocycles. The molecule has 1 aliphatic heterocycles. The average Bonchev–Trinajstić information content (AvgIpc) is 2.33. The summed E-state index contributed by atoms with van der Waals surface area (Å²) in [6, 6.07) is 7.36. The molecule has 1 amide bonds. The minimum atomic E-state index is -0.130. The van der Waals surface area contributed by atoms with Gasteiger partial charge >= 0.3 is 0 Å². The fourth-order valence-corrected chi connectivity index (χ4v) is 2.23. The molecule has 4 heteroatoms. The van der Waals surface area contributed by atoms with Crippen molar-refractivity contribution in [2.24, 2.45) is 5.73 Å². The number of hydrogen-bond donors (Lipinski definition) is 1. The lowest BCUT2D eigenvalue weighted by Crippen LogP contribution is -2.40. The summed E-state index contributed by atoms with van der Waals surface area (Å²) >= 11 is 5.83. The van der Waals surface area contributed by atoms with Crippen molar-refractivity contribution in [1.29, 1.82) is 0 Å². The van der Waals surface area contributed by atoms with Crippen LogP contribution in [-0.4, -0.2) is 23.9 Å². The molecule has 0 aromatic heterocycles. The number of carbonyl (C=O) groups excluding carboxylic acids is 1. The molecule has 0 bridgehead atoms. The molecular weight excluding hydrogens is 236 g/mol. The van der Waals surface area contributed by atoms with Gasteiger partial charge in [0.05, 0.1) is 0 Å². The summed E-state index contributed by atoms with van der Waals surface area (Å²) in [5.41, 5.74) is 7.12. The van der Waals surface area contributed by atoms with Gasteiger partial charge in [0.15, 0.2) is 0 Å². The number of piperidine rings is 1. The number of likely N-dealkylation sites (tertiary alicyclic amines) is 1. The Hall–Kier alpha value is -1.06. The average molecular weight is 253 g/mol. The molecule has 1 aliphatic rings. The van der Waals surface area contributed by atoms with Crippen molar-refractivity contribution in [3.8, 4) is 0 Å². The Morgan fingerprint density at radius 2 is 2.00 bits per heavy atom. The van der Waals surface area contributed by atoms with Gasteiger partial charge in [0.2, 0.25) is 5.91 Å². The van der Waals surface area contributed by atoms with Crippen LogP contribution in [0.2, 0.25) is 5.02 Å². The Balaban J connectivity index is 1.98. The standard InChI is InChI=1S/C13H17ClN2O/c14-11-6-4-10(5-7-11)12(15)9-16-8-2-1-3-13(16)17/h4-7,12H,1-3,8-9,15H2. The molecule has 1 fully saturated rings. The summed E-state index contributed by atoms with van der Waals surface area (Å²) in [6.07, 6.45) is 2.75. The van der Waals surface area contributed by atoms with Crippen LogP contribution in [0.3, 0.4) is 0 Å². The Bertz CT molecular complexity index is 391. The Kier molecular flexibility index (Phi) is 4.02. The molecule has 0 saturated carbocycles. The Morgan fingerprint density at radius 3 is 2.65 bits per heavy atom. The highest BCUT2D eigenvalue weighted by atomic mass is 35.5. The monoisotopic (exact) mass is 252 g/mol. The van der Waals surface area contributed by atoms with E-state index in [2.05, 4.69) is 0 Å². The second-order valence-corrected chi connectivity index (χ2v) is 4.89. The van der Waals surface area contributed by atoms with E-state index in [4.69, 9.17) is 17.3 Å². The third-order valence-electron chi connectivity index (χ3n) is 3.14. The van der Waals surface area contributed by atoms with Crippen LogP contribution in [0.25, 0.3) is 0 Å². The molecule has 1 unspecified atom stereocenters. The van der Waals surface area contributed by atoms with Gasteiger partial charge in [-0.3, -0.25) is 4.79 Å². The van der Waals surface area contributed by atoms with Gasteiger partial charge in [-0.1, -0.05) is 23.7 Å². The summed E-state index contributed by atoms with van der Waals surface area (Å²) in [5.74, 6) is 0.223. The van der Waals surface area contributed by atoms with E-state index < -0.39 is 0 Å². The molecule has 1 aromatic rings. The quantitative estimate of drug-likeness (QED) is 0.898. The third kappa shape index (κ3) is 3.20. The van der Waals surface area contributed by atoms with E-state index in [1.165, 1.54) is 0 Å². The largest absolute Gasteiger partial charge is 0.341 e. The van der Waals surface area contributed by atoms with Crippen LogP contribution in [0.15, 0.2) is 24.3 Å². The molecule has 3 nitrogen and oxygen atoms in total. The third-order valence-corrected chi connectivity index (χ3v) is 3.39. The van der Waals surface area contributed by atoms with E-state index in [9.17, 15) is 4.79 Å². The first-order valence-electron chi connectivity index (χ1n) is 5.95. The van der Waals surface area contributed by atoms with Gasteiger partial charge in [0.25, 0.3) is 0 Å². The smallest absolute Gasteiger partial charge is 0.222 e. The van der Waals surface area contributed by atoms with Gasteiger partial charge in [-0.2, -0.15) is 0 Å². The predicted octanol–water partition coefficient (Wildman–Crippen LogP) is 2.35. The number of nitrogens with two attached hydrogens (primary N) is 1. The lowest BCUT2D eigenvalue weighted by molar-refractivity contribution is -0.133. The zero-order chi connectivity index (χ0) is 12.3. The van der Waals surface area contributed by atoms with E-state index in [-0.39, 0.29) is 11.9 Å². The van der Waals surface area contributed by atoms with E-state index >= 15 is 0 Å². The number of halogens is 1. The molecule has 0 aliphatic carbocycles. The zero-order valence-electron chi connectivity index (χ0n) is 9.73. The lowest BCUT2D eigenvalue weighted by Gasteiger charge is -2.29. The maximum Gasteiger partial charge on any atom is 0.222 e. The van der Waals surface area contributed by atoms with Crippen molar-refractivity contribution in [3.05, 3.63) is 34.9 Å². The van der Waals surface area contributed by atoms with E-state index in [1.54, 1.807) is 0 Å². The van der Waals surface area contributed by atoms with Gasteiger partial charge in [-0.05, 0) is 30.5 Å². The van der Waals surface area contributed by atoms with Crippen LogP contribution < -0.4 is 5.73 Å². The molecule has 0 radical (unpaired) electrons. The molecule has 2 N–H and O–H groups in total. The molecule has 1 aromatic carbocycles. The zero-order valence-corrected chi connectivity index (χ0v) is 10.5. The van der Waals surface area contributed by atoms with Crippen molar-refractivity contribution in [2.75, 3.05) is 13.1 Å². The summed E-state index contributed by atoms with van der Waals surface area (Å²) in [6.45, 7) is 1.43. The van der Waals surface area contributed by atoms with Crippen LogP contribution in [0.4, 0.5) is 0 Å². The molecule has 1 heterocycles. The van der Waals surface area contributed by atoms with Crippen molar-refractivity contribution in [2.45, 2.75) is 25.3 Å². The number of rotatable bonds is 3. The van der Waals surface area contributed by atoms with Crippen LogP contribution in [-0.2, 0) is 4.79 Å². The molecular formula is C13H17ClN2O. The first kappa shape index (κ1) is 12.4. The SMILES string of the molecule is NC(CN1CCCCC1=O)c1ccc(Cl)cc1. The summed E-state index contributed by atoms with van der Waals surface area (Å²) in [7, 11) is 0. The van der Waals surface area contributed by atoms with Gasteiger partial charge in [-0.15, -0.1) is 0 Å². The lowest BCUT2D eigenvalue weighted by atomic mass is 10.1. The number of amides is 1. The second-order valence-electron chi connectivity index (χ2n) is 4.45.